The zero-order chi connectivity index (χ0) is 12.1. The van der Waals surface area contributed by atoms with Crippen LogP contribution in [0.4, 0.5) is 0 Å². The van der Waals surface area contributed by atoms with Crippen LogP contribution in [0.3, 0.4) is 0 Å². The number of carboxylic acids is 1. The molecule has 0 spiro atoms. The van der Waals surface area contributed by atoms with E-state index in [-0.39, 0.29) is 50.6 Å². The second-order valence-corrected chi connectivity index (χ2v) is 3.98. The zero-order valence-electron chi connectivity index (χ0n) is 10.9. The van der Waals surface area contributed by atoms with Crippen LogP contribution >= 0.6 is 0 Å². The van der Waals surface area contributed by atoms with Gasteiger partial charge in [0.15, 0.2) is 0 Å². The van der Waals surface area contributed by atoms with Gasteiger partial charge in [0.25, 0.3) is 0 Å². The molecule has 7 heteroatoms. The molecule has 0 heterocycles. The van der Waals surface area contributed by atoms with Crippen LogP contribution < -0.4 is 34.9 Å². The maximum atomic E-state index is 11.3. The largest absolute Gasteiger partial charge is 1.00 e. The van der Waals surface area contributed by atoms with Crippen molar-refractivity contribution >= 4 is 11.9 Å². The normalized spacial score (nSPS) is 12.5. The van der Waals surface area contributed by atoms with Gasteiger partial charge in [-0.3, -0.25) is 9.59 Å². The van der Waals surface area contributed by atoms with Crippen molar-refractivity contribution in [1.82, 2.24) is 5.32 Å². The van der Waals surface area contributed by atoms with Crippen molar-refractivity contribution in [3.8, 4) is 0 Å². The molecule has 0 saturated heterocycles. The molecule has 0 unspecified atom stereocenters. The van der Waals surface area contributed by atoms with Gasteiger partial charge in [0.2, 0.25) is 5.91 Å². The van der Waals surface area contributed by atoms with Gasteiger partial charge in [0.1, 0.15) is 6.10 Å². The van der Waals surface area contributed by atoms with Gasteiger partial charge >= 0.3 is 35.5 Å². The molecule has 0 radical (unpaired) electrons. The van der Waals surface area contributed by atoms with Crippen molar-refractivity contribution in [3.63, 3.8) is 0 Å². The van der Waals surface area contributed by atoms with Crippen LogP contribution in [0.5, 0.6) is 0 Å². The first-order valence-electron chi connectivity index (χ1n) is 4.59. The van der Waals surface area contributed by atoms with Gasteiger partial charge in [-0.15, -0.1) is 0 Å². The molecule has 0 aliphatic heterocycles. The number of amides is 1. The van der Waals surface area contributed by atoms with Gasteiger partial charge in [-0.2, -0.15) is 0 Å². The molecule has 6 nitrogen and oxygen atoms in total. The number of nitrogens with one attached hydrogen (secondary N) is 1. The Morgan fingerprint density at radius 3 is 2.31 bits per heavy atom. The molecule has 0 bridgehead atoms. The summed E-state index contributed by atoms with van der Waals surface area (Å²) in [5.41, 5.74) is -0.937. The van der Waals surface area contributed by atoms with E-state index in [4.69, 9.17) is 10.2 Å². The standard InChI is InChI=1S/C9H17NO5.Na.H/c1-9(2,5-11)7(14)8(15)10-4-3-6(12)13;;/h7,11,14H,3-5H2,1-2H3,(H,10,15)(H,12,13);;/q;+1;-1/t7-;;/m0../s1. The minimum Gasteiger partial charge on any atom is -1.00 e. The first-order valence-corrected chi connectivity index (χ1v) is 4.59. The Morgan fingerprint density at radius 2 is 1.94 bits per heavy atom. The molecule has 0 fully saturated rings. The SMILES string of the molecule is CC(C)(CO)[C@@H](O)C(=O)NCCC(=O)O.[H-].[Na+]. The molecule has 0 aliphatic carbocycles. The number of hydrogen-bond donors (Lipinski definition) is 4. The summed E-state index contributed by atoms with van der Waals surface area (Å²) in [6, 6.07) is 0. The van der Waals surface area contributed by atoms with E-state index in [1.807, 2.05) is 0 Å². The molecule has 0 aromatic heterocycles. The van der Waals surface area contributed by atoms with Crippen LogP contribution in [-0.2, 0) is 9.59 Å². The third kappa shape index (κ3) is 6.44. The fraction of sp³-hybridized carbons (Fsp3) is 0.778. The Bertz CT molecular complexity index is 250. The Morgan fingerprint density at radius 1 is 1.44 bits per heavy atom. The van der Waals surface area contributed by atoms with Crippen LogP contribution in [0, 0.1) is 5.41 Å². The number of carboxylic acid groups (broad SMARTS) is 1. The van der Waals surface area contributed by atoms with E-state index in [0.717, 1.165) is 0 Å². The summed E-state index contributed by atoms with van der Waals surface area (Å²) < 4.78 is 0. The van der Waals surface area contributed by atoms with Gasteiger partial charge in [-0.05, 0) is 0 Å². The van der Waals surface area contributed by atoms with Crippen LogP contribution in [-0.4, -0.2) is 46.5 Å². The number of carbonyl (C=O) groups is 2. The Labute approximate surface area is 118 Å². The summed E-state index contributed by atoms with van der Waals surface area (Å²) in [5, 5.41) is 29.0. The van der Waals surface area contributed by atoms with Crippen molar-refractivity contribution < 1.29 is 55.9 Å². The number of hydrogen-bond acceptors (Lipinski definition) is 4. The van der Waals surface area contributed by atoms with Crippen LogP contribution in [0.25, 0.3) is 0 Å². The summed E-state index contributed by atoms with van der Waals surface area (Å²) >= 11 is 0. The first-order chi connectivity index (χ1) is 6.81. The number of carbonyl (C=O) groups excluding carboxylic acids is 1. The Hall–Kier alpha value is -0.140. The molecular formula is C9H18NNaO5. The van der Waals surface area contributed by atoms with Crippen molar-refractivity contribution in [3.05, 3.63) is 0 Å². The summed E-state index contributed by atoms with van der Waals surface area (Å²) in [6.45, 7) is 2.70. The second kappa shape index (κ2) is 8.03. The molecule has 0 aliphatic rings. The van der Waals surface area contributed by atoms with Crippen LogP contribution in [0.15, 0.2) is 0 Å². The Balaban J connectivity index is -0.000000980. The minimum absolute atomic E-state index is 0. The smallest absolute Gasteiger partial charge is 1.00 e. The van der Waals surface area contributed by atoms with Gasteiger partial charge < -0.3 is 22.1 Å². The number of aliphatic hydroxyl groups excluding tert-OH is 2. The fourth-order valence-corrected chi connectivity index (χ4v) is 0.831. The average Bonchev–Trinajstić information content (AvgIpc) is 2.15. The zero-order valence-corrected chi connectivity index (χ0v) is 11.9. The minimum atomic E-state index is -1.35. The maximum Gasteiger partial charge on any atom is 1.00 e. The molecule has 1 amide bonds. The van der Waals surface area contributed by atoms with E-state index in [0.29, 0.717) is 0 Å². The summed E-state index contributed by atoms with van der Waals surface area (Å²) in [6.07, 6.45) is -1.55. The van der Waals surface area contributed by atoms with E-state index in [9.17, 15) is 14.7 Å². The quantitative estimate of drug-likeness (QED) is 0.356. The molecule has 4 N–H and O–H groups in total. The van der Waals surface area contributed by atoms with Gasteiger partial charge in [-0.25, -0.2) is 0 Å². The number of rotatable bonds is 6. The molecule has 16 heavy (non-hydrogen) atoms. The van der Waals surface area contributed by atoms with Crippen LogP contribution in [0.2, 0.25) is 0 Å². The molecule has 90 valence electrons. The fourth-order valence-electron chi connectivity index (χ4n) is 0.831. The van der Waals surface area contributed by atoms with E-state index >= 15 is 0 Å². The predicted molar refractivity (Wildman–Crippen MR) is 53.2 cm³/mol. The molecule has 0 aromatic carbocycles. The van der Waals surface area contributed by atoms with Gasteiger partial charge in [0.05, 0.1) is 13.0 Å². The third-order valence-corrected chi connectivity index (χ3v) is 2.03. The Kier molecular flexibility index (Phi) is 9.14. The molecular weight excluding hydrogens is 225 g/mol. The second-order valence-electron chi connectivity index (χ2n) is 3.98. The van der Waals surface area contributed by atoms with Crippen molar-refractivity contribution in [1.29, 1.82) is 0 Å². The maximum absolute atomic E-state index is 11.3. The third-order valence-electron chi connectivity index (χ3n) is 2.03. The monoisotopic (exact) mass is 243 g/mol. The van der Waals surface area contributed by atoms with Crippen molar-refractivity contribution in [2.45, 2.75) is 26.4 Å². The van der Waals surface area contributed by atoms with Crippen molar-refractivity contribution in [2.75, 3.05) is 13.2 Å². The van der Waals surface area contributed by atoms with E-state index in [2.05, 4.69) is 5.32 Å². The van der Waals surface area contributed by atoms with Gasteiger partial charge in [0, 0.05) is 12.0 Å². The molecule has 0 aromatic rings. The summed E-state index contributed by atoms with van der Waals surface area (Å²) in [7, 11) is 0. The predicted octanol–water partition coefficient (Wildman–Crippen LogP) is -3.93. The average molecular weight is 243 g/mol. The molecule has 1 atom stereocenters. The van der Waals surface area contributed by atoms with E-state index in [1.165, 1.54) is 13.8 Å². The number of aliphatic hydroxyl groups is 2. The molecule has 0 rings (SSSR count). The van der Waals surface area contributed by atoms with E-state index in [1.54, 1.807) is 0 Å². The number of aliphatic carboxylic acids is 1. The van der Waals surface area contributed by atoms with Gasteiger partial charge in [-0.1, -0.05) is 13.8 Å². The summed E-state index contributed by atoms with van der Waals surface area (Å²) in [4.78, 5) is 21.4. The van der Waals surface area contributed by atoms with E-state index < -0.39 is 23.4 Å². The summed E-state index contributed by atoms with van der Waals surface area (Å²) in [5.74, 6) is -1.69. The van der Waals surface area contributed by atoms with Crippen molar-refractivity contribution in [2.24, 2.45) is 5.41 Å². The first kappa shape index (κ1) is 18.2. The van der Waals surface area contributed by atoms with Crippen LogP contribution in [0.1, 0.15) is 21.7 Å². The molecule has 0 saturated carbocycles. The topological polar surface area (TPSA) is 107 Å².